The Bertz CT molecular complexity index is 562. The molecular formula is C19H25NO. The lowest BCUT2D eigenvalue weighted by atomic mass is 9.99. The molecule has 0 bridgehead atoms. The molecule has 0 spiro atoms. The molecule has 0 saturated heterocycles. The van der Waals surface area contributed by atoms with Crippen LogP contribution in [0, 0.1) is 6.92 Å². The van der Waals surface area contributed by atoms with Crippen LogP contribution in [0.5, 0.6) is 5.75 Å². The van der Waals surface area contributed by atoms with E-state index in [1.165, 1.54) is 11.1 Å². The van der Waals surface area contributed by atoms with Gasteiger partial charge >= 0.3 is 0 Å². The molecule has 2 nitrogen and oxygen atoms in total. The molecule has 0 aliphatic rings. The molecule has 112 valence electrons. The predicted molar refractivity (Wildman–Crippen MR) is 88.6 cm³/mol. The van der Waals surface area contributed by atoms with Gasteiger partial charge < -0.3 is 10.5 Å². The van der Waals surface area contributed by atoms with E-state index in [0.29, 0.717) is 0 Å². The van der Waals surface area contributed by atoms with Crippen LogP contribution in [0.4, 0.5) is 0 Å². The third-order valence-corrected chi connectivity index (χ3v) is 3.83. The fourth-order valence-electron chi connectivity index (χ4n) is 2.41. The van der Waals surface area contributed by atoms with Crippen molar-refractivity contribution < 1.29 is 4.74 Å². The lowest BCUT2D eigenvalue weighted by Gasteiger charge is -2.25. The highest BCUT2D eigenvalue weighted by Gasteiger charge is 2.20. The van der Waals surface area contributed by atoms with Crippen LogP contribution < -0.4 is 10.5 Å². The molecule has 2 N–H and O–H groups in total. The van der Waals surface area contributed by atoms with Gasteiger partial charge in [0, 0.05) is 6.04 Å². The van der Waals surface area contributed by atoms with Gasteiger partial charge in [0.25, 0.3) is 0 Å². The molecule has 0 aromatic heterocycles. The number of benzene rings is 2. The molecule has 2 atom stereocenters. The Hall–Kier alpha value is -1.80. The summed E-state index contributed by atoms with van der Waals surface area (Å²) in [5, 5.41) is 0. The topological polar surface area (TPSA) is 35.2 Å². The second-order valence-corrected chi connectivity index (χ2v) is 5.52. The van der Waals surface area contributed by atoms with Crippen molar-refractivity contribution in [3.8, 4) is 5.75 Å². The zero-order valence-corrected chi connectivity index (χ0v) is 13.2. The van der Waals surface area contributed by atoms with Crippen molar-refractivity contribution in [1.29, 1.82) is 0 Å². The zero-order chi connectivity index (χ0) is 15.2. The largest absolute Gasteiger partial charge is 0.484 e. The third-order valence-electron chi connectivity index (χ3n) is 3.83. The van der Waals surface area contributed by atoms with E-state index in [-0.39, 0.29) is 12.1 Å². The van der Waals surface area contributed by atoms with Gasteiger partial charge in [0.15, 0.2) is 0 Å². The van der Waals surface area contributed by atoms with E-state index < -0.39 is 0 Å². The van der Waals surface area contributed by atoms with Gasteiger partial charge in [0.2, 0.25) is 0 Å². The molecule has 2 rings (SSSR count). The Kier molecular flexibility index (Phi) is 5.40. The molecule has 0 aliphatic carbocycles. The molecular weight excluding hydrogens is 258 g/mol. The summed E-state index contributed by atoms with van der Waals surface area (Å²) in [6.45, 7) is 6.34. The van der Waals surface area contributed by atoms with Crippen LogP contribution in [-0.4, -0.2) is 6.04 Å². The average Bonchev–Trinajstić information content (AvgIpc) is 2.52. The first-order valence-corrected chi connectivity index (χ1v) is 7.71. The first-order chi connectivity index (χ1) is 10.1. The maximum Gasteiger partial charge on any atom is 0.139 e. The molecule has 2 heteroatoms. The molecule has 2 aromatic carbocycles. The Balaban J connectivity index is 2.23. The second-order valence-electron chi connectivity index (χ2n) is 5.52. The summed E-state index contributed by atoms with van der Waals surface area (Å²) in [5.41, 5.74) is 9.96. The molecule has 0 aliphatic heterocycles. The van der Waals surface area contributed by atoms with Gasteiger partial charge in [0.1, 0.15) is 11.9 Å². The summed E-state index contributed by atoms with van der Waals surface area (Å²) in [7, 11) is 0. The van der Waals surface area contributed by atoms with E-state index in [2.05, 4.69) is 57.2 Å². The van der Waals surface area contributed by atoms with Gasteiger partial charge in [-0.05, 0) is 43.0 Å². The average molecular weight is 283 g/mol. The summed E-state index contributed by atoms with van der Waals surface area (Å²) in [5.74, 6) is 0.877. The van der Waals surface area contributed by atoms with Crippen molar-refractivity contribution in [3.05, 3.63) is 65.2 Å². The Labute approximate surface area is 127 Å². The predicted octanol–water partition coefficient (Wildman–Crippen LogP) is 4.41. The zero-order valence-electron chi connectivity index (χ0n) is 13.2. The van der Waals surface area contributed by atoms with E-state index in [1.807, 2.05) is 12.1 Å². The quantitative estimate of drug-likeness (QED) is 0.852. The molecule has 0 amide bonds. The Morgan fingerprint density at radius 2 is 1.76 bits per heavy atom. The molecule has 0 saturated carbocycles. The van der Waals surface area contributed by atoms with Gasteiger partial charge in [0.05, 0.1) is 0 Å². The minimum absolute atomic E-state index is 0.0161. The van der Waals surface area contributed by atoms with Gasteiger partial charge in [-0.3, -0.25) is 0 Å². The normalized spacial score (nSPS) is 13.7. The Morgan fingerprint density at radius 3 is 2.33 bits per heavy atom. The van der Waals surface area contributed by atoms with Crippen molar-refractivity contribution in [2.75, 3.05) is 0 Å². The number of nitrogens with two attached hydrogens (primary N) is 1. The standard InChI is InChI=1S/C19H25NO/c1-4-15-9-11-17(12-10-15)21-19(18(20)5-2)16-8-6-7-14(3)13-16/h6-13,18-19H,4-5,20H2,1-3H3. The minimum atomic E-state index is -0.109. The van der Waals surface area contributed by atoms with Crippen molar-refractivity contribution >= 4 is 0 Å². The fourth-order valence-corrected chi connectivity index (χ4v) is 2.41. The minimum Gasteiger partial charge on any atom is -0.484 e. The number of hydrogen-bond acceptors (Lipinski definition) is 2. The van der Waals surface area contributed by atoms with E-state index >= 15 is 0 Å². The molecule has 0 fully saturated rings. The van der Waals surface area contributed by atoms with Gasteiger partial charge in [-0.1, -0.05) is 55.8 Å². The molecule has 0 heterocycles. The SMILES string of the molecule is CCc1ccc(OC(c2cccc(C)c2)C(N)CC)cc1. The lowest BCUT2D eigenvalue weighted by Crippen LogP contribution is -2.31. The number of rotatable bonds is 6. The van der Waals surface area contributed by atoms with E-state index in [0.717, 1.165) is 24.2 Å². The summed E-state index contributed by atoms with van der Waals surface area (Å²) < 4.78 is 6.18. The van der Waals surface area contributed by atoms with Crippen LogP contribution >= 0.6 is 0 Å². The van der Waals surface area contributed by atoms with Gasteiger partial charge in [-0.25, -0.2) is 0 Å². The second kappa shape index (κ2) is 7.28. The van der Waals surface area contributed by atoms with Gasteiger partial charge in [-0.15, -0.1) is 0 Å². The van der Waals surface area contributed by atoms with Crippen molar-refractivity contribution in [1.82, 2.24) is 0 Å². The lowest BCUT2D eigenvalue weighted by molar-refractivity contribution is 0.171. The highest BCUT2D eigenvalue weighted by molar-refractivity contribution is 5.30. The van der Waals surface area contributed by atoms with Crippen LogP contribution in [0.2, 0.25) is 0 Å². The van der Waals surface area contributed by atoms with Crippen molar-refractivity contribution in [2.45, 2.75) is 45.8 Å². The maximum atomic E-state index is 6.28. The van der Waals surface area contributed by atoms with E-state index in [1.54, 1.807) is 0 Å². The molecule has 0 radical (unpaired) electrons. The highest BCUT2D eigenvalue weighted by Crippen LogP contribution is 2.26. The fraction of sp³-hybridized carbons (Fsp3) is 0.368. The number of aryl methyl sites for hydroxylation is 2. The first kappa shape index (κ1) is 15.6. The van der Waals surface area contributed by atoms with E-state index in [4.69, 9.17) is 10.5 Å². The van der Waals surface area contributed by atoms with Gasteiger partial charge in [-0.2, -0.15) is 0 Å². The van der Waals surface area contributed by atoms with Crippen LogP contribution in [-0.2, 0) is 6.42 Å². The summed E-state index contributed by atoms with van der Waals surface area (Å²) in [4.78, 5) is 0. The summed E-state index contributed by atoms with van der Waals surface area (Å²) in [6, 6.07) is 16.7. The molecule has 2 aromatic rings. The van der Waals surface area contributed by atoms with Crippen molar-refractivity contribution in [3.63, 3.8) is 0 Å². The van der Waals surface area contributed by atoms with Crippen LogP contribution in [0.15, 0.2) is 48.5 Å². The number of ether oxygens (including phenoxy) is 1. The first-order valence-electron chi connectivity index (χ1n) is 7.71. The van der Waals surface area contributed by atoms with E-state index in [9.17, 15) is 0 Å². The highest BCUT2D eigenvalue weighted by atomic mass is 16.5. The van der Waals surface area contributed by atoms with Crippen LogP contribution in [0.25, 0.3) is 0 Å². The summed E-state index contributed by atoms with van der Waals surface area (Å²) >= 11 is 0. The monoisotopic (exact) mass is 283 g/mol. The van der Waals surface area contributed by atoms with Crippen molar-refractivity contribution in [2.24, 2.45) is 5.73 Å². The van der Waals surface area contributed by atoms with Crippen LogP contribution in [0.3, 0.4) is 0 Å². The molecule has 21 heavy (non-hydrogen) atoms. The maximum absolute atomic E-state index is 6.28. The number of hydrogen-bond donors (Lipinski definition) is 1. The Morgan fingerprint density at radius 1 is 1.05 bits per heavy atom. The molecule has 2 unspecified atom stereocenters. The summed E-state index contributed by atoms with van der Waals surface area (Å²) in [6.07, 6.45) is 1.81. The third kappa shape index (κ3) is 4.08. The smallest absolute Gasteiger partial charge is 0.139 e. The van der Waals surface area contributed by atoms with Crippen LogP contribution in [0.1, 0.15) is 43.1 Å².